The Kier molecular flexibility index (Phi) is 3.93. The SMILES string of the molecule is CN(C)c1ccc([C@@](C)(O)[C@H]2[C@@H]3OC(C)(C)O[C@@H]3CN2O)cc1. The second-order valence-corrected chi connectivity index (χ2v) is 7.29. The first-order chi connectivity index (χ1) is 10.6. The zero-order valence-corrected chi connectivity index (χ0v) is 14.4. The van der Waals surface area contributed by atoms with Gasteiger partial charge < -0.3 is 24.7 Å². The molecule has 3 rings (SSSR count). The van der Waals surface area contributed by atoms with Gasteiger partial charge in [0.2, 0.25) is 0 Å². The molecule has 4 atom stereocenters. The van der Waals surface area contributed by atoms with Crippen LogP contribution >= 0.6 is 0 Å². The number of rotatable bonds is 3. The molecule has 128 valence electrons. The van der Waals surface area contributed by atoms with Crippen molar-refractivity contribution in [2.45, 2.75) is 50.4 Å². The molecule has 2 aliphatic heterocycles. The van der Waals surface area contributed by atoms with E-state index < -0.39 is 17.4 Å². The molecule has 2 heterocycles. The molecule has 23 heavy (non-hydrogen) atoms. The van der Waals surface area contributed by atoms with Crippen LogP contribution in [0.1, 0.15) is 26.3 Å². The van der Waals surface area contributed by atoms with E-state index in [2.05, 4.69) is 0 Å². The number of aliphatic hydroxyl groups is 1. The predicted molar refractivity (Wildman–Crippen MR) is 86.4 cm³/mol. The van der Waals surface area contributed by atoms with Crippen LogP contribution in [-0.4, -0.2) is 60.1 Å². The number of benzene rings is 1. The fourth-order valence-corrected chi connectivity index (χ4v) is 3.62. The summed E-state index contributed by atoms with van der Waals surface area (Å²) in [6.07, 6.45) is -0.619. The van der Waals surface area contributed by atoms with Crippen LogP contribution in [0.15, 0.2) is 24.3 Å². The van der Waals surface area contributed by atoms with Crippen molar-refractivity contribution >= 4 is 5.69 Å². The molecule has 0 saturated carbocycles. The first-order valence-electron chi connectivity index (χ1n) is 7.93. The third kappa shape index (κ3) is 2.86. The zero-order valence-electron chi connectivity index (χ0n) is 14.4. The summed E-state index contributed by atoms with van der Waals surface area (Å²) >= 11 is 0. The molecule has 2 fully saturated rings. The molecule has 0 unspecified atom stereocenters. The third-order valence-corrected chi connectivity index (χ3v) is 4.76. The number of hydrogen-bond donors (Lipinski definition) is 2. The Morgan fingerprint density at radius 3 is 2.39 bits per heavy atom. The van der Waals surface area contributed by atoms with Gasteiger partial charge in [0, 0.05) is 19.8 Å². The number of anilines is 1. The van der Waals surface area contributed by atoms with Crippen LogP contribution in [-0.2, 0) is 15.1 Å². The lowest BCUT2D eigenvalue weighted by molar-refractivity contribution is -0.226. The van der Waals surface area contributed by atoms with E-state index in [1.807, 2.05) is 57.1 Å². The van der Waals surface area contributed by atoms with Gasteiger partial charge in [-0.05, 0) is 38.5 Å². The van der Waals surface area contributed by atoms with Crippen LogP contribution in [0.3, 0.4) is 0 Å². The minimum absolute atomic E-state index is 0.243. The Morgan fingerprint density at radius 1 is 1.22 bits per heavy atom. The molecule has 1 aromatic carbocycles. The van der Waals surface area contributed by atoms with E-state index in [1.54, 1.807) is 6.92 Å². The molecule has 6 nitrogen and oxygen atoms in total. The van der Waals surface area contributed by atoms with E-state index in [1.165, 1.54) is 0 Å². The number of hydroxylamine groups is 2. The quantitative estimate of drug-likeness (QED) is 0.880. The number of nitrogens with zero attached hydrogens (tertiary/aromatic N) is 2. The molecule has 0 amide bonds. The van der Waals surface area contributed by atoms with Crippen molar-refractivity contribution < 1.29 is 19.8 Å². The molecule has 2 saturated heterocycles. The molecular weight excluding hydrogens is 296 g/mol. The Hall–Kier alpha value is -1.18. The van der Waals surface area contributed by atoms with Gasteiger partial charge in [-0.25, -0.2) is 0 Å². The lowest BCUT2D eigenvalue weighted by Gasteiger charge is -2.37. The highest BCUT2D eigenvalue weighted by Gasteiger charge is 2.58. The zero-order chi connectivity index (χ0) is 17.0. The Balaban J connectivity index is 1.89. The summed E-state index contributed by atoms with van der Waals surface area (Å²) in [4.78, 5) is 2.00. The summed E-state index contributed by atoms with van der Waals surface area (Å²) in [5.41, 5.74) is 0.528. The van der Waals surface area contributed by atoms with Crippen molar-refractivity contribution in [2.75, 3.05) is 25.5 Å². The average Bonchev–Trinajstić information content (AvgIpc) is 2.88. The van der Waals surface area contributed by atoms with Crippen LogP contribution in [0, 0.1) is 0 Å². The van der Waals surface area contributed by atoms with Gasteiger partial charge in [-0.15, -0.1) is 0 Å². The van der Waals surface area contributed by atoms with Crippen molar-refractivity contribution in [1.82, 2.24) is 5.06 Å². The van der Waals surface area contributed by atoms with Gasteiger partial charge in [-0.3, -0.25) is 0 Å². The predicted octanol–water partition coefficient (Wildman–Crippen LogP) is 1.55. The van der Waals surface area contributed by atoms with Crippen molar-refractivity contribution in [2.24, 2.45) is 0 Å². The van der Waals surface area contributed by atoms with E-state index in [9.17, 15) is 10.3 Å². The molecule has 0 aliphatic carbocycles. The van der Waals surface area contributed by atoms with Gasteiger partial charge in [0.15, 0.2) is 5.79 Å². The monoisotopic (exact) mass is 322 g/mol. The van der Waals surface area contributed by atoms with E-state index in [0.29, 0.717) is 6.54 Å². The molecule has 0 spiro atoms. The minimum Gasteiger partial charge on any atom is -0.384 e. The Morgan fingerprint density at radius 2 is 1.83 bits per heavy atom. The largest absolute Gasteiger partial charge is 0.384 e. The van der Waals surface area contributed by atoms with Crippen LogP contribution < -0.4 is 4.90 Å². The lowest BCUT2D eigenvalue weighted by atomic mass is 9.85. The van der Waals surface area contributed by atoms with Crippen LogP contribution in [0.2, 0.25) is 0 Å². The second-order valence-electron chi connectivity index (χ2n) is 7.29. The summed E-state index contributed by atoms with van der Waals surface area (Å²) < 4.78 is 11.7. The topological polar surface area (TPSA) is 65.4 Å². The first kappa shape index (κ1) is 16.7. The first-order valence-corrected chi connectivity index (χ1v) is 7.93. The van der Waals surface area contributed by atoms with Gasteiger partial charge in [-0.2, -0.15) is 5.06 Å². The van der Waals surface area contributed by atoms with Crippen LogP contribution in [0.4, 0.5) is 5.69 Å². The maximum Gasteiger partial charge on any atom is 0.163 e. The maximum atomic E-state index is 11.2. The fourth-order valence-electron chi connectivity index (χ4n) is 3.62. The van der Waals surface area contributed by atoms with Gasteiger partial charge in [0.25, 0.3) is 0 Å². The van der Waals surface area contributed by atoms with Crippen molar-refractivity contribution in [3.05, 3.63) is 29.8 Å². The highest BCUT2D eigenvalue weighted by Crippen LogP contribution is 2.42. The van der Waals surface area contributed by atoms with Gasteiger partial charge in [0.05, 0.1) is 12.6 Å². The summed E-state index contributed by atoms with van der Waals surface area (Å²) in [6.45, 7) is 5.74. The molecule has 0 bridgehead atoms. The van der Waals surface area contributed by atoms with E-state index >= 15 is 0 Å². The van der Waals surface area contributed by atoms with Crippen LogP contribution in [0.25, 0.3) is 0 Å². The average molecular weight is 322 g/mol. The van der Waals surface area contributed by atoms with Gasteiger partial charge in [0.1, 0.15) is 17.8 Å². The molecular formula is C17H26N2O4. The van der Waals surface area contributed by atoms with Crippen LogP contribution in [0.5, 0.6) is 0 Å². The Labute approximate surface area is 137 Å². The number of ether oxygens (including phenoxy) is 2. The minimum atomic E-state index is -1.26. The van der Waals surface area contributed by atoms with Gasteiger partial charge >= 0.3 is 0 Å². The summed E-state index contributed by atoms with van der Waals surface area (Å²) in [5.74, 6) is -0.695. The highest BCUT2D eigenvalue weighted by molar-refractivity contribution is 5.47. The molecule has 2 N–H and O–H groups in total. The van der Waals surface area contributed by atoms with Crippen molar-refractivity contribution in [1.29, 1.82) is 0 Å². The number of fused-ring (bicyclic) bond motifs is 1. The highest BCUT2D eigenvalue weighted by atomic mass is 16.8. The summed E-state index contributed by atoms with van der Waals surface area (Å²) in [7, 11) is 3.94. The van der Waals surface area contributed by atoms with E-state index in [4.69, 9.17) is 9.47 Å². The summed E-state index contributed by atoms with van der Waals surface area (Å²) in [5, 5.41) is 22.6. The number of hydrogen-bond acceptors (Lipinski definition) is 6. The fraction of sp³-hybridized carbons (Fsp3) is 0.647. The molecule has 0 aromatic heterocycles. The smallest absolute Gasteiger partial charge is 0.163 e. The molecule has 6 heteroatoms. The van der Waals surface area contributed by atoms with Crippen molar-refractivity contribution in [3.63, 3.8) is 0 Å². The van der Waals surface area contributed by atoms with Gasteiger partial charge in [-0.1, -0.05) is 12.1 Å². The normalized spacial score (nSPS) is 32.6. The Bertz CT molecular complexity index is 570. The maximum absolute atomic E-state index is 11.2. The standard InChI is InChI=1S/C17H26N2O4/c1-16(2)22-13-10-19(21)15(14(13)23-16)17(3,20)11-6-8-12(9-7-11)18(4)5/h6-9,13-15,20-21H,10H2,1-5H3/t13-,14-,15-,17-/m1/s1. The molecule has 2 aliphatic rings. The molecule has 1 aromatic rings. The third-order valence-electron chi connectivity index (χ3n) is 4.76. The van der Waals surface area contributed by atoms with E-state index in [0.717, 1.165) is 16.3 Å². The summed E-state index contributed by atoms with van der Waals surface area (Å²) in [6, 6.07) is 7.09. The lowest BCUT2D eigenvalue weighted by Crippen LogP contribution is -2.51. The van der Waals surface area contributed by atoms with Crippen molar-refractivity contribution in [3.8, 4) is 0 Å². The second kappa shape index (κ2) is 5.43. The van der Waals surface area contributed by atoms with E-state index in [-0.39, 0.29) is 12.2 Å². The molecule has 0 radical (unpaired) electrons.